The second-order valence-corrected chi connectivity index (χ2v) is 21.5. The van der Waals surface area contributed by atoms with E-state index in [0.29, 0.717) is 17.9 Å². The first kappa shape index (κ1) is 61.9. The molecule has 2 saturated heterocycles. The number of methoxy groups -OCH3 is 2. The predicted octanol–water partition coefficient (Wildman–Crippen LogP) is 9.94. The number of rotatable bonds is 20. The Morgan fingerprint density at radius 3 is 1.53 bits per heavy atom. The normalized spacial score (nSPS) is 21.6. The number of hydrogen-bond donors (Lipinski definition) is 3. The van der Waals surface area contributed by atoms with E-state index in [4.69, 9.17) is 39.7 Å². The number of carbonyl (C=O) groups is 1. The number of nitrogens with zero attached hydrogens (tertiary/aromatic N) is 10. The molecular weight excluding hydrogens is 1110 g/mol. The van der Waals surface area contributed by atoms with Crippen LogP contribution in [0.2, 0.25) is 0 Å². The second-order valence-electron chi connectivity index (χ2n) is 21.5. The molecule has 2 aliphatic rings. The third-order valence-electron chi connectivity index (χ3n) is 16.0. The van der Waals surface area contributed by atoms with Gasteiger partial charge in [-0.15, -0.1) is 0 Å². The van der Waals surface area contributed by atoms with Gasteiger partial charge in [-0.05, 0) is 80.8 Å². The van der Waals surface area contributed by atoms with Gasteiger partial charge in [-0.2, -0.15) is 9.97 Å². The van der Waals surface area contributed by atoms with E-state index in [1.165, 1.54) is 16.8 Å². The van der Waals surface area contributed by atoms with Crippen LogP contribution < -0.4 is 26.6 Å². The van der Waals surface area contributed by atoms with Gasteiger partial charge in [0.25, 0.3) is 0 Å². The quantitative estimate of drug-likeness (QED) is 0.0210. The summed E-state index contributed by atoms with van der Waals surface area (Å²) in [5, 5.41) is 29.4. The van der Waals surface area contributed by atoms with Crippen molar-refractivity contribution in [3.8, 4) is 11.5 Å². The Morgan fingerprint density at radius 1 is 0.644 bits per heavy atom. The van der Waals surface area contributed by atoms with Crippen molar-refractivity contribution in [2.45, 2.75) is 81.2 Å². The Labute approximate surface area is 501 Å². The topological polar surface area (TPSA) is 306 Å². The molecule has 2 aliphatic heterocycles. The molecule has 0 radical (unpaired) electrons. The van der Waals surface area contributed by atoms with Crippen LogP contribution in [-0.2, 0) is 41.2 Å². The molecule has 0 amide bonds. The van der Waals surface area contributed by atoms with Crippen LogP contribution >= 0.6 is 0 Å². The summed E-state index contributed by atoms with van der Waals surface area (Å²) >= 11 is 0. The molecular formula is C65H67N11O11. The van der Waals surface area contributed by atoms with Crippen molar-refractivity contribution in [1.29, 1.82) is 0 Å². The van der Waals surface area contributed by atoms with E-state index in [1.54, 1.807) is 54.2 Å². The molecule has 0 saturated carbocycles. The number of anilines is 1. The third kappa shape index (κ3) is 12.3. The average Bonchev–Trinajstić information content (AvgIpc) is 2.48. The summed E-state index contributed by atoms with van der Waals surface area (Å²) in [6, 6.07) is 58.4. The Bertz CT molecular complexity index is 3770. The van der Waals surface area contributed by atoms with Gasteiger partial charge in [0.1, 0.15) is 41.5 Å². The van der Waals surface area contributed by atoms with Crippen LogP contribution in [0.4, 0.5) is 5.82 Å². The van der Waals surface area contributed by atoms with E-state index in [0.717, 1.165) is 43.7 Å². The van der Waals surface area contributed by atoms with Crippen molar-refractivity contribution in [3.63, 3.8) is 0 Å². The summed E-state index contributed by atoms with van der Waals surface area (Å²) in [6.07, 6.45) is -1.15. The second kappa shape index (κ2) is 26.7. The highest BCUT2D eigenvalue weighted by Gasteiger charge is 2.57. The summed E-state index contributed by atoms with van der Waals surface area (Å²) in [4.78, 5) is 52.5. The summed E-state index contributed by atoms with van der Waals surface area (Å²) in [6.45, 7) is 5.56. The fraction of sp³-hybridized carbons (Fsp3) is 0.308. The van der Waals surface area contributed by atoms with Gasteiger partial charge in [0.2, 0.25) is 5.72 Å². The van der Waals surface area contributed by atoms with Crippen LogP contribution in [0, 0.1) is 17.8 Å². The van der Waals surface area contributed by atoms with E-state index >= 15 is 0 Å². The maximum absolute atomic E-state index is 14.3. The monoisotopic (exact) mass is 1180 g/mol. The first-order chi connectivity index (χ1) is 42.0. The molecule has 0 aliphatic carbocycles. The number of hydrogen-bond acceptors (Lipinski definition) is 16. The Hall–Kier alpha value is -9.63. The minimum atomic E-state index is -1.94. The van der Waals surface area contributed by atoms with Gasteiger partial charge in [0, 0.05) is 46.2 Å². The Balaban J connectivity index is 0.000000302. The lowest BCUT2D eigenvalue weighted by atomic mass is 9.66. The fourth-order valence-corrected chi connectivity index (χ4v) is 11.5. The SMILES string of the molecule is CC(C)C(=O)O[C@H]1[C@H](C)[C@H](n2ccc(N)nc2=O)O[C@@]1(CO)N=[N+]=[N-].COc1ccc(C(Cc2ccn([C@@H]3O[C@@](COC(c4ccccc4)(c4ccccc4)c4ccc(OC)cc4)(N=[N+]=[N-])[C@@H](O)[C@@H]3C)c(=O)n2)(c2ccccc2)c2ccccc2)cc1. The highest BCUT2D eigenvalue weighted by atomic mass is 16.6. The van der Waals surface area contributed by atoms with Gasteiger partial charge in [-0.25, -0.2) is 9.59 Å². The zero-order chi connectivity index (χ0) is 61.9. The smallest absolute Gasteiger partial charge is 0.351 e. The van der Waals surface area contributed by atoms with Crippen LogP contribution in [0.1, 0.15) is 79.2 Å². The third-order valence-corrected chi connectivity index (χ3v) is 16.0. The molecule has 87 heavy (non-hydrogen) atoms. The number of ether oxygens (including phenoxy) is 6. The van der Waals surface area contributed by atoms with E-state index in [1.807, 2.05) is 146 Å². The van der Waals surface area contributed by atoms with Crippen LogP contribution in [0.25, 0.3) is 20.9 Å². The molecule has 10 rings (SSSR count). The van der Waals surface area contributed by atoms with Crippen molar-refractivity contribution < 1.29 is 43.4 Å². The van der Waals surface area contributed by atoms with Crippen LogP contribution in [0.5, 0.6) is 11.5 Å². The molecule has 448 valence electrons. The minimum Gasteiger partial charge on any atom is -0.497 e. The zero-order valence-corrected chi connectivity index (χ0v) is 48.8. The van der Waals surface area contributed by atoms with Gasteiger partial charge in [-0.3, -0.25) is 13.9 Å². The predicted molar refractivity (Wildman–Crippen MR) is 323 cm³/mol. The molecule has 8 aromatic rings. The number of benzene rings is 6. The Morgan fingerprint density at radius 2 is 1.07 bits per heavy atom. The van der Waals surface area contributed by atoms with Gasteiger partial charge in [0.05, 0.1) is 44.9 Å². The van der Waals surface area contributed by atoms with Crippen molar-refractivity contribution in [2.24, 2.45) is 28.0 Å². The first-order valence-electron chi connectivity index (χ1n) is 28.1. The number of carbonyl (C=O) groups excluding carboxylic acids is 1. The lowest BCUT2D eigenvalue weighted by molar-refractivity contribution is -0.170. The highest BCUT2D eigenvalue weighted by molar-refractivity contribution is 5.72. The average molecular weight is 1180 g/mol. The van der Waals surface area contributed by atoms with E-state index in [2.05, 4.69) is 54.3 Å². The molecule has 4 heterocycles. The number of nitrogens with two attached hydrogens (primary N) is 1. The van der Waals surface area contributed by atoms with Crippen LogP contribution in [0.15, 0.2) is 214 Å². The van der Waals surface area contributed by atoms with E-state index in [-0.39, 0.29) is 12.4 Å². The van der Waals surface area contributed by atoms with Crippen LogP contribution in [0.3, 0.4) is 0 Å². The summed E-state index contributed by atoms with van der Waals surface area (Å²) in [7, 11) is 3.24. The lowest BCUT2D eigenvalue weighted by Gasteiger charge is -2.39. The summed E-state index contributed by atoms with van der Waals surface area (Å²) < 4.78 is 38.2. The van der Waals surface area contributed by atoms with Crippen molar-refractivity contribution >= 4 is 11.8 Å². The number of nitrogen functional groups attached to an aromatic ring is 1. The summed E-state index contributed by atoms with van der Waals surface area (Å²) in [5.41, 5.74) is 23.2. The van der Waals surface area contributed by atoms with Crippen molar-refractivity contribution in [3.05, 3.63) is 275 Å². The largest absolute Gasteiger partial charge is 0.497 e. The fourth-order valence-electron chi connectivity index (χ4n) is 11.5. The number of esters is 1. The Kier molecular flexibility index (Phi) is 19.0. The number of aliphatic hydroxyl groups excluding tert-OH is 2. The first-order valence-corrected chi connectivity index (χ1v) is 28.1. The van der Waals surface area contributed by atoms with E-state index < -0.39 is 88.8 Å². The number of aliphatic hydroxyl groups is 2. The van der Waals surface area contributed by atoms with Crippen molar-refractivity contribution in [2.75, 3.05) is 33.2 Å². The van der Waals surface area contributed by atoms with Gasteiger partial charge in [0.15, 0.2) is 5.72 Å². The maximum atomic E-state index is 14.3. The summed E-state index contributed by atoms with van der Waals surface area (Å²) in [5.74, 6) is -0.889. The number of azide groups is 2. The molecule has 8 atom stereocenters. The van der Waals surface area contributed by atoms with Gasteiger partial charge >= 0.3 is 17.3 Å². The maximum Gasteiger partial charge on any atom is 0.351 e. The molecule has 2 aromatic heterocycles. The zero-order valence-electron chi connectivity index (χ0n) is 48.8. The molecule has 0 spiro atoms. The molecule has 6 aromatic carbocycles. The molecule has 0 bridgehead atoms. The standard InChI is InChI=1S/C51H47N5O6.C14H20N6O5/c1-36-46(57)50(54-55-52,35-61-51(40-20-12-6-13-21-40,41-22-14-7-15-23-41)42-26-30-45(60-3)31-27-42)62-47(36)56-33-32-43(53-48(56)58)34-49(37-16-8-4-9-17-37,38-18-10-5-11-19-38)39-24-28-44(59-2)29-25-39;1-7(2)12(22)24-10-8(3)11(25-14(10,6-21)18-19-16)20-5-4-9(15)17-13(20)23/h4-33,36,46-47,57H,34-35H2,1-3H3;4-5,7-8,10-11,21H,6H2,1-3H3,(H2,15,17,23)/t36-,46-,47+,50+;8-,10-,11+,14+/m00/s1. The van der Waals surface area contributed by atoms with Crippen LogP contribution in [-0.4, -0.2) is 86.4 Å². The molecule has 4 N–H and O–H groups in total. The highest BCUT2D eigenvalue weighted by Crippen LogP contribution is 2.48. The molecule has 22 nitrogen and oxygen atoms in total. The number of aromatic nitrogens is 4. The van der Waals surface area contributed by atoms with Gasteiger partial charge in [-0.1, -0.05) is 184 Å². The molecule has 0 unspecified atom stereocenters. The van der Waals surface area contributed by atoms with E-state index in [9.17, 15) is 30.1 Å². The molecule has 22 heteroatoms. The lowest BCUT2D eigenvalue weighted by Crippen LogP contribution is -2.47. The van der Waals surface area contributed by atoms with Gasteiger partial charge < -0.3 is 44.4 Å². The molecule has 2 fully saturated rings. The minimum absolute atomic E-state index is 0.0400. The van der Waals surface area contributed by atoms with Crippen molar-refractivity contribution in [1.82, 2.24) is 19.1 Å².